The van der Waals surface area contributed by atoms with Crippen LogP contribution in [0.2, 0.25) is 0 Å². The Balaban J connectivity index is 2.66. The molecule has 0 aliphatic heterocycles. The minimum Gasteiger partial charge on any atom is -0.385 e. The molecule has 7 heteroatoms. The van der Waals surface area contributed by atoms with Crippen molar-refractivity contribution in [2.24, 2.45) is 0 Å². The summed E-state index contributed by atoms with van der Waals surface area (Å²) in [7, 11) is 5.52. The fourth-order valence-electron chi connectivity index (χ4n) is 1.13. The van der Waals surface area contributed by atoms with Gasteiger partial charge >= 0.3 is 0 Å². The van der Waals surface area contributed by atoms with E-state index in [9.17, 15) is 0 Å². The molecule has 96 valence electrons. The van der Waals surface area contributed by atoms with Crippen molar-refractivity contribution in [3.8, 4) is 0 Å². The Kier molecular flexibility index (Phi) is 5.99. The largest absolute Gasteiger partial charge is 0.385 e. The molecule has 0 fully saturated rings. The highest BCUT2D eigenvalue weighted by Crippen LogP contribution is 2.14. The molecular formula is C10H19N5OS. The summed E-state index contributed by atoms with van der Waals surface area (Å²) >= 11 is 1.50. The summed E-state index contributed by atoms with van der Waals surface area (Å²) in [5, 5.41) is 3.89. The van der Waals surface area contributed by atoms with Crippen LogP contribution < -0.4 is 10.2 Å². The molecule has 1 aromatic rings. The van der Waals surface area contributed by atoms with Gasteiger partial charge in [0.1, 0.15) is 0 Å². The van der Waals surface area contributed by atoms with Crippen LogP contribution in [0.15, 0.2) is 5.16 Å². The zero-order chi connectivity index (χ0) is 12.7. The SMILES string of the molecule is COCCCNc1nc(SC)nc(N(C)C)n1. The minimum atomic E-state index is 0.615. The van der Waals surface area contributed by atoms with Crippen LogP contribution >= 0.6 is 11.8 Å². The molecule has 1 heterocycles. The first-order chi connectivity index (χ1) is 8.17. The number of hydrogen-bond donors (Lipinski definition) is 1. The van der Waals surface area contributed by atoms with E-state index in [0.717, 1.165) is 24.7 Å². The molecule has 0 saturated carbocycles. The van der Waals surface area contributed by atoms with E-state index in [4.69, 9.17) is 4.74 Å². The molecule has 0 bridgehead atoms. The van der Waals surface area contributed by atoms with Crippen LogP contribution in [0.25, 0.3) is 0 Å². The quantitative estimate of drug-likeness (QED) is 0.580. The Morgan fingerprint density at radius 1 is 1.29 bits per heavy atom. The number of nitrogens with one attached hydrogen (secondary N) is 1. The van der Waals surface area contributed by atoms with Crippen LogP contribution in [0.3, 0.4) is 0 Å². The van der Waals surface area contributed by atoms with Crippen LogP contribution in [-0.2, 0) is 4.74 Å². The number of hydrogen-bond acceptors (Lipinski definition) is 7. The second-order valence-electron chi connectivity index (χ2n) is 3.61. The summed E-state index contributed by atoms with van der Waals surface area (Å²) in [6.07, 6.45) is 2.87. The van der Waals surface area contributed by atoms with Crippen molar-refractivity contribution in [3.63, 3.8) is 0 Å². The van der Waals surface area contributed by atoms with Gasteiger partial charge in [0, 0.05) is 34.4 Å². The van der Waals surface area contributed by atoms with E-state index in [-0.39, 0.29) is 0 Å². The Labute approximate surface area is 106 Å². The first-order valence-corrected chi connectivity index (χ1v) is 6.60. The highest BCUT2D eigenvalue weighted by Gasteiger charge is 2.06. The van der Waals surface area contributed by atoms with Crippen molar-refractivity contribution in [1.82, 2.24) is 15.0 Å². The standard InChI is InChI=1S/C10H19N5OS/c1-15(2)9-12-8(11-6-5-7-16-3)13-10(14-9)17-4/h5-7H2,1-4H3,(H,11,12,13,14). The van der Waals surface area contributed by atoms with E-state index in [1.54, 1.807) is 7.11 Å². The Bertz CT molecular complexity index is 347. The zero-order valence-corrected chi connectivity index (χ0v) is 11.5. The third-order valence-corrected chi connectivity index (χ3v) is 2.54. The molecule has 0 spiro atoms. The fraction of sp³-hybridized carbons (Fsp3) is 0.700. The molecule has 0 atom stereocenters. The number of ether oxygens (including phenoxy) is 1. The van der Waals surface area contributed by atoms with Gasteiger partial charge in [0.15, 0.2) is 5.16 Å². The predicted octanol–water partition coefficient (Wildman–Crippen LogP) is 1.11. The average Bonchev–Trinajstić information content (AvgIpc) is 2.34. The molecule has 1 aromatic heterocycles. The van der Waals surface area contributed by atoms with Crippen LogP contribution in [0.4, 0.5) is 11.9 Å². The summed E-state index contributed by atoms with van der Waals surface area (Å²) < 4.78 is 4.98. The van der Waals surface area contributed by atoms with Crippen molar-refractivity contribution in [1.29, 1.82) is 0 Å². The van der Waals surface area contributed by atoms with Gasteiger partial charge in [-0.2, -0.15) is 15.0 Å². The Morgan fingerprint density at radius 2 is 2.06 bits per heavy atom. The number of nitrogens with zero attached hydrogens (tertiary/aromatic N) is 4. The molecule has 0 amide bonds. The first kappa shape index (κ1) is 14.0. The Morgan fingerprint density at radius 3 is 2.65 bits per heavy atom. The topological polar surface area (TPSA) is 63.2 Å². The Hall–Kier alpha value is -1.08. The molecule has 0 unspecified atom stereocenters. The summed E-state index contributed by atoms with van der Waals surface area (Å²) in [6.45, 7) is 1.52. The van der Waals surface area contributed by atoms with E-state index >= 15 is 0 Å². The molecule has 17 heavy (non-hydrogen) atoms. The third-order valence-electron chi connectivity index (χ3n) is 1.99. The van der Waals surface area contributed by atoms with Crippen molar-refractivity contribution in [3.05, 3.63) is 0 Å². The number of thioether (sulfide) groups is 1. The van der Waals surface area contributed by atoms with Gasteiger partial charge in [0.05, 0.1) is 0 Å². The molecule has 0 aliphatic rings. The van der Waals surface area contributed by atoms with Gasteiger partial charge in [-0.15, -0.1) is 0 Å². The van der Waals surface area contributed by atoms with Gasteiger partial charge in [0.25, 0.3) is 0 Å². The van der Waals surface area contributed by atoms with E-state index in [2.05, 4.69) is 20.3 Å². The van der Waals surface area contributed by atoms with Gasteiger partial charge in [-0.1, -0.05) is 11.8 Å². The van der Waals surface area contributed by atoms with Gasteiger partial charge in [-0.3, -0.25) is 0 Å². The second-order valence-corrected chi connectivity index (χ2v) is 4.39. The second kappa shape index (κ2) is 7.29. The third kappa shape index (κ3) is 4.74. The average molecular weight is 257 g/mol. The molecule has 1 N–H and O–H groups in total. The van der Waals surface area contributed by atoms with Gasteiger partial charge in [-0.05, 0) is 12.7 Å². The van der Waals surface area contributed by atoms with Crippen LogP contribution in [0.1, 0.15) is 6.42 Å². The number of aromatic nitrogens is 3. The lowest BCUT2D eigenvalue weighted by Crippen LogP contribution is -2.16. The van der Waals surface area contributed by atoms with Gasteiger partial charge in [-0.25, -0.2) is 0 Å². The van der Waals surface area contributed by atoms with Crippen LogP contribution in [-0.4, -0.2) is 55.6 Å². The normalized spacial score (nSPS) is 10.4. The summed E-state index contributed by atoms with van der Waals surface area (Å²) in [6, 6.07) is 0. The number of rotatable bonds is 7. The van der Waals surface area contributed by atoms with Crippen LogP contribution in [0.5, 0.6) is 0 Å². The lowest BCUT2D eigenvalue weighted by Gasteiger charge is -2.12. The maximum absolute atomic E-state index is 4.98. The van der Waals surface area contributed by atoms with E-state index in [0.29, 0.717) is 11.9 Å². The van der Waals surface area contributed by atoms with E-state index < -0.39 is 0 Å². The van der Waals surface area contributed by atoms with Gasteiger partial charge in [0.2, 0.25) is 11.9 Å². The van der Waals surface area contributed by atoms with Crippen molar-refractivity contribution in [2.75, 3.05) is 50.8 Å². The highest BCUT2D eigenvalue weighted by atomic mass is 32.2. The lowest BCUT2D eigenvalue weighted by molar-refractivity contribution is 0.197. The molecule has 1 rings (SSSR count). The van der Waals surface area contributed by atoms with E-state index in [1.807, 2.05) is 25.3 Å². The highest BCUT2D eigenvalue weighted by molar-refractivity contribution is 7.98. The number of methoxy groups -OCH3 is 1. The molecule has 0 aliphatic carbocycles. The molecule has 0 saturated heterocycles. The maximum atomic E-state index is 4.98. The summed E-state index contributed by atoms with van der Waals surface area (Å²) in [5.74, 6) is 1.28. The molecule has 0 radical (unpaired) electrons. The predicted molar refractivity (Wildman–Crippen MR) is 70.9 cm³/mol. The van der Waals surface area contributed by atoms with Crippen molar-refractivity contribution >= 4 is 23.7 Å². The monoisotopic (exact) mass is 257 g/mol. The molecular weight excluding hydrogens is 238 g/mol. The van der Waals surface area contributed by atoms with Crippen molar-refractivity contribution < 1.29 is 4.74 Å². The summed E-state index contributed by atoms with van der Waals surface area (Å²) in [5.41, 5.74) is 0. The van der Waals surface area contributed by atoms with Gasteiger partial charge < -0.3 is 15.0 Å². The first-order valence-electron chi connectivity index (χ1n) is 5.37. The van der Waals surface area contributed by atoms with Crippen LogP contribution in [0, 0.1) is 0 Å². The molecule has 0 aromatic carbocycles. The maximum Gasteiger partial charge on any atom is 0.230 e. The lowest BCUT2D eigenvalue weighted by atomic mass is 10.4. The number of anilines is 2. The smallest absolute Gasteiger partial charge is 0.230 e. The fourth-order valence-corrected chi connectivity index (χ4v) is 1.48. The molecule has 6 nitrogen and oxygen atoms in total. The zero-order valence-electron chi connectivity index (χ0n) is 10.7. The van der Waals surface area contributed by atoms with E-state index in [1.165, 1.54) is 11.8 Å². The summed E-state index contributed by atoms with van der Waals surface area (Å²) in [4.78, 5) is 14.8. The minimum absolute atomic E-state index is 0.615. The van der Waals surface area contributed by atoms with Crippen molar-refractivity contribution in [2.45, 2.75) is 11.6 Å².